The SMILES string of the molecule is Cc1ccc(S(=O)(=O)N2CCN([C@@H](C)C(=O)N(C)C3CCCCC3)CC2)cc1. The van der Waals surface area contributed by atoms with Crippen LogP contribution in [0.2, 0.25) is 0 Å². The minimum absolute atomic E-state index is 0.154. The smallest absolute Gasteiger partial charge is 0.243 e. The first kappa shape index (κ1) is 21.3. The van der Waals surface area contributed by atoms with Crippen LogP contribution in [0, 0.1) is 6.92 Å². The molecule has 7 heteroatoms. The highest BCUT2D eigenvalue weighted by Crippen LogP contribution is 2.23. The topological polar surface area (TPSA) is 60.9 Å². The summed E-state index contributed by atoms with van der Waals surface area (Å²) in [5.74, 6) is 0.154. The molecule has 0 aromatic heterocycles. The van der Waals surface area contributed by atoms with Crippen LogP contribution in [-0.4, -0.2) is 73.7 Å². The van der Waals surface area contributed by atoms with E-state index in [1.54, 1.807) is 12.1 Å². The van der Waals surface area contributed by atoms with Gasteiger partial charge < -0.3 is 4.90 Å². The van der Waals surface area contributed by atoms with Gasteiger partial charge in [0, 0.05) is 39.3 Å². The first-order chi connectivity index (χ1) is 13.3. The summed E-state index contributed by atoms with van der Waals surface area (Å²) in [6, 6.07) is 7.13. The van der Waals surface area contributed by atoms with Gasteiger partial charge in [-0.05, 0) is 38.8 Å². The third-order valence-electron chi connectivity index (χ3n) is 6.31. The van der Waals surface area contributed by atoms with Crippen LogP contribution in [0.15, 0.2) is 29.2 Å². The molecule has 0 unspecified atom stereocenters. The third-order valence-corrected chi connectivity index (χ3v) is 8.22. The van der Waals surface area contributed by atoms with Crippen molar-refractivity contribution in [3.63, 3.8) is 0 Å². The molecule has 0 radical (unpaired) electrons. The zero-order valence-electron chi connectivity index (χ0n) is 17.3. The summed E-state index contributed by atoms with van der Waals surface area (Å²) >= 11 is 0. The number of carbonyl (C=O) groups excluding carboxylic acids is 1. The number of rotatable bonds is 5. The number of hydrogen-bond acceptors (Lipinski definition) is 4. The minimum atomic E-state index is -3.47. The van der Waals surface area contributed by atoms with Gasteiger partial charge in [0.05, 0.1) is 10.9 Å². The van der Waals surface area contributed by atoms with Gasteiger partial charge in [0.15, 0.2) is 0 Å². The van der Waals surface area contributed by atoms with Gasteiger partial charge >= 0.3 is 0 Å². The van der Waals surface area contributed by atoms with Gasteiger partial charge in [0.1, 0.15) is 0 Å². The second-order valence-electron chi connectivity index (χ2n) is 8.17. The summed E-state index contributed by atoms with van der Waals surface area (Å²) in [6.07, 6.45) is 5.86. The van der Waals surface area contributed by atoms with E-state index in [-0.39, 0.29) is 11.9 Å². The molecule has 1 aliphatic carbocycles. The molecule has 156 valence electrons. The Morgan fingerprint density at radius 1 is 1.04 bits per heavy atom. The van der Waals surface area contributed by atoms with E-state index in [1.165, 1.54) is 23.6 Å². The van der Waals surface area contributed by atoms with Gasteiger partial charge in [0.2, 0.25) is 15.9 Å². The number of carbonyl (C=O) groups is 1. The molecular weight excluding hydrogens is 374 g/mol. The first-order valence-corrected chi connectivity index (χ1v) is 11.8. The normalized spacial score (nSPS) is 21.4. The largest absolute Gasteiger partial charge is 0.341 e. The summed E-state index contributed by atoms with van der Waals surface area (Å²) in [4.78, 5) is 17.3. The van der Waals surface area contributed by atoms with Crippen LogP contribution < -0.4 is 0 Å². The fourth-order valence-corrected chi connectivity index (χ4v) is 5.71. The second-order valence-corrected chi connectivity index (χ2v) is 10.1. The maximum Gasteiger partial charge on any atom is 0.243 e. The predicted molar refractivity (Wildman–Crippen MR) is 111 cm³/mol. The molecule has 1 aromatic carbocycles. The molecule has 1 saturated carbocycles. The molecule has 2 aliphatic rings. The van der Waals surface area contributed by atoms with Crippen LogP contribution in [0.1, 0.15) is 44.6 Å². The molecule has 1 aliphatic heterocycles. The maximum atomic E-state index is 12.9. The van der Waals surface area contributed by atoms with E-state index in [1.807, 2.05) is 37.9 Å². The molecular formula is C21H33N3O3S. The molecule has 1 saturated heterocycles. The van der Waals surface area contributed by atoms with E-state index in [2.05, 4.69) is 4.90 Å². The van der Waals surface area contributed by atoms with Gasteiger partial charge in [-0.25, -0.2) is 8.42 Å². The van der Waals surface area contributed by atoms with Crippen molar-refractivity contribution in [2.75, 3.05) is 33.2 Å². The Balaban J connectivity index is 1.58. The molecule has 28 heavy (non-hydrogen) atoms. The quantitative estimate of drug-likeness (QED) is 0.752. The number of sulfonamides is 1. The van der Waals surface area contributed by atoms with Crippen LogP contribution in [0.4, 0.5) is 0 Å². The van der Waals surface area contributed by atoms with Crippen molar-refractivity contribution in [3.05, 3.63) is 29.8 Å². The summed E-state index contributed by atoms with van der Waals surface area (Å²) < 4.78 is 27.2. The Bertz CT molecular complexity index is 765. The van der Waals surface area contributed by atoms with Crippen molar-refractivity contribution in [1.82, 2.24) is 14.1 Å². The predicted octanol–water partition coefficient (Wildman–Crippen LogP) is 2.48. The van der Waals surface area contributed by atoms with Crippen molar-refractivity contribution in [2.24, 2.45) is 0 Å². The van der Waals surface area contributed by atoms with Crippen molar-refractivity contribution in [3.8, 4) is 0 Å². The molecule has 3 rings (SSSR count). The fraction of sp³-hybridized carbons (Fsp3) is 0.667. The summed E-state index contributed by atoms with van der Waals surface area (Å²) in [5, 5.41) is 0. The summed E-state index contributed by atoms with van der Waals surface area (Å²) in [6.45, 7) is 5.89. The highest BCUT2D eigenvalue weighted by atomic mass is 32.2. The fourth-order valence-electron chi connectivity index (χ4n) is 4.29. The Kier molecular flexibility index (Phi) is 6.78. The van der Waals surface area contributed by atoms with Gasteiger partial charge in [0.25, 0.3) is 0 Å². The monoisotopic (exact) mass is 407 g/mol. The van der Waals surface area contributed by atoms with Crippen molar-refractivity contribution < 1.29 is 13.2 Å². The van der Waals surface area contributed by atoms with Crippen LogP contribution in [-0.2, 0) is 14.8 Å². The Morgan fingerprint density at radius 2 is 1.61 bits per heavy atom. The first-order valence-electron chi connectivity index (χ1n) is 10.4. The average molecular weight is 408 g/mol. The molecule has 0 bridgehead atoms. The Hall–Kier alpha value is -1.44. The van der Waals surface area contributed by atoms with E-state index in [4.69, 9.17) is 0 Å². The summed E-state index contributed by atoms with van der Waals surface area (Å²) in [5.41, 5.74) is 1.04. The molecule has 0 spiro atoms. The molecule has 1 aromatic rings. The van der Waals surface area contributed by atoms with E-state index in [0.29, 0.717) is 37.1 Å². The lowest BCUT2D eigenvalue weighted by Crippen LogP contribution is -2.56. The molecule has 0 N–H and O–H groups in total. The highest BCUT2D eigenvalue weighted by molar-refractivity contribution is 7.89. The number of amides is 1. The van der Waals surface area contributed by atoms with Crippen LogP contribution in [0.3, 0.4) is 0 Å². The van der Waals surface area contributed by atoms with E-state index in [9.17, 15) is 13.2 Å². The van der Waals surface area contributed by atoms with Crippen LogP contribution >= 0.6 is 0 Å². The van der Waals surface area contributed by atoms with Crippen molar-refractivity contribution >= 4 is 15.9 Å². The van der Waals surface area contributed by atoms with Crippen LogP contribution in [0.5, 0.6) is 0 Å². The molecule has 1 atom stereocenters. The summed E-state index contributed by atoms with van der Waals surface area (Å²) in [7, 11) is -1.55. The zero-order chi connectivity index (χ0) is 20.3. The van der Waals surface area contributed by atoms with Gasteiger partial charge in [-0.1, -0.05) is 37.0 Å². The van der Waals surface area contributed by atoms with E-state index < -0.39 is 10.0 Å². The number of likely N-dealkylation sites (N-methyl/N-ethyl adjacent to an activating group) is 1. The maximum absolute atomic E-state index is 12.9. The minimum Gasteiger partial charge on any atom is -0.341 e. The van der Waals surface area contributed by atoms with Gasteiger partial charge in [-0.3, -0.25) is 9.69 Å². The van der Waals surface area contributed by atoms with Crippen molar-refractivity contribution in [1.29, 1.82) is 0 Å². The number of piperazine rings is 1. The lowest BCUT2D eigenvalue weighted by atomic mass is 9.94. The van der Waals surface area contributed by atoms with Gasteiger partial charge in [-0.2, -0.15) is 4.31 Å². The number of aryl methyl sites for hydroxylation is 1. The molecule has 1 amide bonds. The average Bonchev–Trinajstić information content (AvgIpc) is 2.73. The third kappa shape index (κ3) is 4.58. The van der Waals surface area contributed by atoms with Crippen LogP contribution in [0.25, 0.3) is 0 Å². The second kappa shape index (κ2) is 8.93. The molecule has 2 fully saturated rings. The number of hydrogen-bond donors (Lipinski definition) is 0. The van der Waals surface area contributed by atoms with Crippen molar-refractivity contribution in [2.45, 2.75) is 62.9 Å². The van der Waals surface area contributed by atoms with Gasteiger partial charge in [-0.15, -0.1) is 0 Å². The lowest BCUT2D eigenvalue weighted by molar-refractivity contribution is -0.138. The number of nitrogens with zero attached hydrogens (tertiary/aromatic N) is 3. The molecule has 1 heterocycles. The lowest BCUT2D eigenvalue weighted by Gasteiger charge is -2.39. The standard InChI is InChI=1S/C21H33N3O3S/c1-17-9-11-20(12-10-17)28(26,27)24-15-13-23(14-16-24)18(2)21(25)22(3)19-7-5-4-6-8-19/h9-12,18-19H,4-8,13-16H2,1-3H3/t18-/m0/s1. The molecule has 6 nitrogen and oxygen atoms in total. The Labute approximate surface area is 169 Å². The highest BCUT2D eigenvalue weighted by Gasteiger charge is 2.34. The number of benzene rings is 1. The van der Waals surface area contributed by atoms with E-state index >= 15 is 0 Å². The Morgan fingerprint density at radius 3 is 2.18 bits per heavy atom. The van der Waals surface area contributed by atoms with E-state index in [0.717, 1.165) is 18.4 Å². The zero-order valence-corrected chi connectivity index (χ0v) is 18.1.